The molecule has 0 saturated carbocycles. The van der Waals surface area contributed by atoms with E-state index in [-0.39, 0.29) is 17.9 Å². The van der Waals surface area contributed by atoms with Crippen LogP contribution in [0.2, 0.25) is 0 Å². The van der Waals surface area contributed by atoms with E-state index in [9.17, 15) is 4.39 Å². The third-order valence-electron chi connectivity index (χ3n) is 3.71. The predicted octanol–water partition coefficient (Wildman–Crippen LogP) is 4.92. The van der Waals surface area contributed by atoms with Crippen LogP contribution in [0.5, 0.6) is 5.75 Å². The minimum absolute atomic E-state index is 0.129. The number of thiophene rings is 1. The first-order valence-corrected chi connectivity index (χ1v) is 7.91. The summed E-state index contributed by atoms with van der Waals surface area (Å²) in [7, 11) is 1.57. The van der Waals surface area contributed by atoms with E-state index in [0.717, 1.165) is 0 Å². The van der Waals surface area contributed by atoms with Gasteiger partial charge in [-0.25, -0.2) is 4.39 Å². The number of benzene rings is 1. The molecule has 0 aliphatic heterocycles. The van der Waals surface area contributed by atoms with Gasteiger partial charge in [0.1, 0.15) is 11.6 Å². The van der Waals surface area contributed by atoms with Crippen LogP contribution in [0.3, 0.4) is 0 Å². The Morgan fingerprint density at radius 1 is 1.19 bits per heavy atom. The highest BCUT2D eigenvalue weighted by atomic mass is 32.1. The summed E-state index contributed by atoms with van der Waals surface area (Å²) in [5, 5.41) is 3.47. The molecule has 1 heterocycles. The van der Waals surface area contributed by atoms with Gasteiger partial charge >= 0.3 is 0 Å². The molecule has 0 saturated heterocycles. The highest BCUT2D eigenvalue weighted by molar-refractivity contribution is 7.12. The zero-order valence-corrected chi connectivity index (χ0v) is 14.0. The van der Waals surface area contributed by atoms with E-state index in [2.05, 4.69) is 32.2 Å². The van der Waals surface area contributed by atoms with Crippen LogP contribution in [-0.2, 0) is 0 Å². The van der Waals surface area contributed by atoms with Crippen molar-refractivity contribution in [1.29, 1.82) is 0 Å². The monoisotopic (exact) mass is 307 g/mol. The molecule has 0 aliphatic rings. The van der Waals surface area contributed by atoms with Crippen molar-refractivity contribution in [2.24, 2.45) is 0 Å². The van der Waals surface area contributed by atoms with Gasteiger partial charge in [0.05, 0.1) is 7.11 Å². The maximum Gasteiger partial charge on any atom is 0.131 e. The number of aryl methyl sites for hydroxylation is 2. The molecule has 1 N–H and O–H groups in total. The molecule has 0 spiro atoms. The van der Waals surface area contributed by atoms with E-state index in [0.29, 0.717) is 11.3 Å². The average Bonchev–Trinajstić information content (AvgIpc) is 2.77. The van der Waals surface area contributed by atoms with Crippen molar-refractivity contribution in [1.82, 2.24) is 5.32 Å². The van der Waals surface area contributed by atoms with Crippen LogP contribution in [0.4, 0.5) is 4.39 Å². The molecule has 2 unspecified atom stereocenters. The first-order valence-electron chi connectivity index (χ1n) is 7.09. The number of hydrogen-bond acceptors (Lipinski definition) is 3. The Labute approximate surface area is 130 Å². The predicted molar refractivity (Wildman–Crippen MR) is 86.7 cm³/mol. The minimum atomic E-state index is -0.236. The molecule has 0 bridgehead atoms. The summed E-state index contributed by atoms with van der Waals surface area (Å²) in [5.74, 6) is 0.347. The van der Waals surface area contributed by atoms with Gasteiger partial charge in [0.15, 0.2) is 0 Å². The van der Waals surface area contributed by atoms with Gasteiger partial charge in [-0.3, -0.25) is 0 Å². The van der Waals surface area contributed by atoms with Gasteiger partial charge in [0, 0.05) is 27.4 Å². The molecule has 1 aromatic carbocycles. The van der Waals surface area contributed by atoms with Crippen molar-refractivity contribution in [3.8, 4) is 5.75 Å². The molecule has 1 aromatic heterocycles. The Balaban J connectivity index is 2.22. The first kappa shape index (κ1) is 16.0. The third kappa shape index (κ3) is 3.44. The molecule has 0 aliphatic carbocycles. The standard InChI is InChI=1S/C17H22FNOS/c1-10-9-14(13(4)21-10)11(2)19-12(3)17-15(18)7-6-8-16(17)20-5/h6-9,11-12,19H,1-5H3. The summed E-state index contributed by atoms with van der Waals surface area (Å²) in [6, 6.07) is 7.16. The Hall–Kier alpha value is -1.39. The van der Waals surface area contributed by atoms with Gasteiger partial charge in [-0.05, 0) is 51.5 Å². The average molecular weight is 307 g/mol. The number of nitrogens with one attached hydrogen (secondary N) is 1. The number of methoxy groups -OCH3 is 1. The maximum atomic E-state index is 14.1. The fraction of sp³-hybridized carbons (Fsp3) is 0.412. The van der Waals surface area contributed by atoms with Crippen LogP contribution in [0.25, 0.3) is 0 Å². The highest BCUT2D eigenvalue weighted by Crippen LogP contribution is 2.31. The number of rotatable bonds is 5. The van der Waals surface area contributed by atoms with Gasteiger partial charge in [-0.15, -0.1) is 11.3 Å². The Morgan fingerprint density at radius 2 is 1.90 bits per heavy atom. The summed E-state index contributed by atoms with van der Waals surface area (Å²) < 4.78 is 19.4. The van der Waals surface area contributed by atoms with E-state index in [1.54, 1.807) is 30.6 Å². The van der Waals surface area contributed by atoms with E-state index in [4.69, 9.17) is 4.74 Å². The molecule has 2 atom stereocenters. The summed E-state index contributed by atoms with van der Waals surface area (Å²) in [6.45, 7) is 8.31. The fourth-order valence-electron chi connectivity index (χ4n) is 2.74. The molecule has 21 heavy (non-hydrogen) atoms. The van der Waals surface area contributed by atoms with Gasteiger partial charge in [-0.1, -0.05) is 6.07 Å². The largest absolute Gasteiger partial charge is 0.496 e. The molecular weight excluding hydrogens is 285 g/mol. The van der Waals surface area contributed by atoms with Gasteiger partial charge in [0.25, 0.3) is 0 Å². The van der Waals surface area contributed by atoms with E-state index in [1.807, 2.05) is 6.92 Å². The molecule has 0 fully saturated rings. The lowest BCUT2D eigenvalue weighted by atomic mass is 10.0. The molecule has 2 rings (SSSR count). The van der Waals surface area contributed by atoms with Crippen molar-refractivity contribution in [3.05, 3.63) is 51.0 Å². The van der Waals surface area contributed by atoms with Crippen LogP contribution in [-0.4, -0.2) is 7.11 Å². The SMILES string of the molecule is COc1cccc(F)c1C(C)NC(C)c1cc(C)sc1C. The number of hydrogen-bond donors (Lipinski definition) is 1. The van der Waals surface area contributed by atoms with Crippen molar-refractivity contribution >= 4 is 11.3 Å². The van der Waals surface area contributed by atoms with Crippen LogP contribution in [0, 0.1) is 19.7 Å². The molecule has 0 radical (unpaired) electrons. The second kappa shape index (κ2) is 6.58. The van der Waals surface area contributed by atoms with Crippen LogP contribution in [0.15, 0.2) is 24.3 Å². The number of halogens is 1. The Morgan fingerprint density at radius 3 is 2.48 bits per heavy atom. The second-order valence-corrected chi connectivity index (χ2v) is 6.79. The van der Waals surface area contributed by atoms with Crippen molar-refractivity contribution < 1.29 is 9.13 Å². The van der Waals surface area contributed by atoms with Crippen molar-refractivity contribution in [2.75, 3.05) is 7.11 Å². The lowest BCUT2D eigenvalue weighted by molar-refractivity contribution is 0.387. The Kier molecular flexibility index (Phi) is 5.01. The molecule has 4 heteroatoms. The van der Waals surface area contributed by atoms with Gasteiger partial charge in [0.2, 0.25) is 0 Å². The summed E-state index contributed by atoms with van der Waals surface area (Å²) in [5.41, 5.74) is 1.86. The Bertz CT molecular complexity index is 623. The normalized spacial score (nSPS) is 14.0. The molecule has 114 valence electrons. The summed E-state index contributed by atoms with van der Waals surface area (Å²) >= 11 is 1.79. The molecule has 0 amide bonds. The molecule has 2 nitrogen and oxygen atoms in total. The molecule has 2 aromatic rings. The third-order valence-corrected chi connectivity index (χ3v) is 4.69. The smallest absolute Gasteiger partial charge is 0.131 e. The number of ether oxygens (including phenoxy) is 1. The zero-order chi connectivity index (χ0) is 15.6. The maximum absolute atomic E-state index is 14.1. The van der Waals surface area contributed by atoms with Gasteiger partial charge < -0.3 is 10.1 Å². The van der Waals surface area contributed by atoms with Crippen LogP contribution < -0.4 is 10.1 Å². The summed E-state index contributed by atoms with van der Waals surface area (Å²) in [6.07, 6.45) is 0. The van der Waals surface area contributed by atoms with Crippen LogP contribution >= 0.6 is 11.3 Å². The van der Waals surface area contributed by atoms with E-state index in [1.165, 1.54) is 21.4 Å². The fourth-order valence-corrected chi connectivity index (χ4v) is 3.77. The van der Waals surface area contributed by atoms with Crippen molar-refractivity contribution in [2.45, 2.75) is 39.8 Å². The summed E-state index contributed by atoms with van der Waals surface area (Å²) in [4.78, 5) is 2.60. The quantitative estimate of drug-likeness (QED) is 0.846. The second-order valence-electron chi connectivity index (χ2n) is 5.33. The van der Waals surface area contributed by atoms with E-state index < -0.39 is 0 Å². The van der Waals surface area contributed by atoms with E-state index >= 15 is 0 Å². The van der Waals surface area contributed by atoms with Crippen LogP contribution in [0.1, 0.15) is 46.8 Å². The zero-order valence-electron chi connectivity index (χ0n) is 13.2. The minimum Gasteiger partial charge on any atom is -0.496 e. The lowest BCUT2D eigenvalue weighted by Crippen LogP contribution is -2.23. The lowest BCUT2D eigenvalue weighted by Gasteiger charge is -2.22. The highest BCUT2D eigenvalue weighted by Gasteiger charge is 2.20. The topological polar surface area (TPSA) is 21.3 Å². The first-order chi connectivity index (χ1) is 9.93. The van der Waals surface area contributed by atoms with Crippen molar-refractivity contribution in [3.63, 3.8) is 0 Å². The molecular formula is C17H22FNOS. The van der Waals surface area contributed by atoms with Gasteiger partial charge in [-0.2, -0.15) is 0 Å².